The monoisotopic (exact) mass is 458 g/mol. The Bertz CT molecular complexity index is 715. The van der Waals surface area contributed by atoms with Crippen molar-refractivity contribution in [3.63, 3.8) is 0 Å². The Morgan fingerprint density at radius 3 is 2.03 bits per heavy atom. The molecule has 0 N–H and O–H groups in total. The summed E-state index contributed by atoms with van der Waals surface area (Å²) in [5, 5.41) is 0. The first-order valence-corrected chi connectivity index (χ1v) is 10.8. The normalized spacial score (nSPS) is 31.8. The molecule has 180 valence electrons. The lowest BCUT2D eigenvalue weighted by atomic mass is 9.94. The molecule has 1 aliphatic carbocycles. The zero-order valence-corrected chi connectivity index (χ0v) is 18.7. The predicted molar refractivity (Wildman–Crippen MR) is 104 cm³/mol. The van der Waals surface area contributed by atoms with Crippen LogP contribution in [-0.2, 0) is 52.3 Å². The lowest BCUT2D eigenvalue weighted by Crippen LogP contribution is -2.62. The van der Waals surface area contributed by atoms with Crippen molar-refractivity contribution in [2.24, 2.45) is 0 Å². The Morgan fingerprint density at radius 1 is 0.844 bits per heavy atom. The quantitative estimate of drug-likeness (QED) is 0.419. The Morgan fingerprint density at radius 2 is 1.47 bits per heavy atom. The summed E-state index contributed by atoms with van der Waals surface area (Å²) in [6.45, 7) is 4.54. The van der Waals surface area contributed by atoms with Crippen LogP contribution in [0.15, 0.2) is 0 Å². The third kappa shape index (κ3) is 5.76. The predicted octanol–water partition coefficient (Wildman–Crippen LogP) is 1.15. The van der Waals surface area contributed by atoms with E-state index in [1.165, 1.54) is 27.7 Å². The molecule has 2 aliphatic heterocycles. The molecule has 3 rings (SSSR count). The largest absolute Gasteiger partial charge is 0.462 e. The summed E-state index contributed by atoms with van der Waals surface area (Å²) < 4.78 is 39.7. The van der Waals surface area contributed by atoms with Crippen LogP contribution >= 0.6 is 0 Å². The number of fused-ring (bicyclic) bond motifs is 1. The second kappa shape index (κ2) is 10.1. The minimum atomic E-state index is -1.33. The van der Waals surface area contributed by atoms with Gasteiger partial charge < -0.3 is 33.2 Å². The number of hydrogen-bond acceptors (Lipinski definition) is 11. The van der Waals surface area contributed by atoms with Crippen LogP contribution < -0.4 is 0 Å². The van der Waals surface area contributed by atoms with Gasteiger partial charge >= 0.3 is 23.9 Å². The van der Waals surface area contributed by atoms with Gasteiger partial charge in [0.15, 0.2) is 18.0 Å². The minimum absolute atomic E-state index is 0.301. The third-order valence-corrected chi connectivity index (χ3v) is 5.57. The van der Waals surface area contributed by atoms with Gasteiger partial charge in [0, 0.05) is 40.5 Å². The van der Waals surface area contributed by atoms with Gasteiger partial charge in [-0.15, -0.1) is 0 Å². The van der Waals surface area contributed by atoms with Crippen LogP contribution in [-0.4, -0.2) is 73.1 Å². The van der Waals surface area contributed by atoms with Gasteiger partial charge in [0.05, 0.1) is 0 Å². The Hall–Kier alpha value is -2.24. The van der Waals surface area contributed by atoms with Crippen LogP contribution in [0.3, 0.4) is 0 Å². The molecule has 0 aromatic rings. The number of esters is 4. The first-order valence-electron chi connectivity index (χ1n) is 10.8. The maximum atomic E-state index is 11.8. The lowest BCUT2D eigenvalue weighted by Gasteiger charge is -2.42. The minimum Gasteiger partial charge on any atom is -0.462 e. The molecule has 11 nitrogen and oxygen atoms in total. The van der Waals surface area contributed by atoms with Gasteiger partial charge in [-0.1, -0.05) is 6.42 Å². The molecule has 6 atom stereocenters. The molecule has 0 aromatic heterocycles. The molecule has 0 amide bonds. The molecule has 0 radical (unpaired) electrons. The molecule has 2 saturated heterocycles. The van der Waals surface area contributed by atoms with Gasteiger partial charge in [0.25, 0.3) is 0 Å². The average molecular weight is 458 g/mol. The SMILES string of the molecule is CC(=O)OC[C@@H](OC(C)=O)[C@@H]1O[C@@H](OC(C)=O)[C@H](OC(C)=O)[C@@H]2OC3(CCCCC3)O[C@@H]21. The van der Waals surface area contributed by atoms with Crippen LogP contribution in [0.1, 0.15) is 59.8 Å². The van der Waals surface area contributed by atoms with Crippen molar-refractivity contribution in [1.29, 1.82) is 0 Å². The van der Waals surface area contributed by atoms with Crippen molar-refractivity contribution in [2.75, 3.05) is 6.61 Å². The van der Waals surface area contributed by atoms with E-state index in [1.807, 2.05) is 0 Å². The highest BCUT2D eigenvalue weighted by atomic mass is 16.8. The van der Waals surface area contributed by atoms with Gasteiger partial charge in [0.2, 0.25) is 6.29 Å². The maximum absolute atomic E-state index is 11.8. The van der Waals surface area contributed by atoms with Crippen molar-refractivity contribution in [1.82, 2.24) is 0 Å². The first-order chi connectivity index (χ1) is 15.1. The Balaban J connectivity index is 1.95. The van der Waals surface area contributed by atoms with Gasteiger partial charge in [-0.05, 0) is 12.8 Å². The second-order valence-electron chi connectivity index (χ2n) is 8.24. The van der Waals surface area contributed by atoms with Crippen LogP contribution in [0.2, 0.25) is 0 Å². The van der Waals surface area contributed by atoms with Crippen molar-refractivity contribution in [2.45, 2.75) is 102 Å². The molecule has 11 heteroatoms. The summed E-state index contributed by atoms with van der Waals surface area (Å²) in [6.07, 6.45) is -2.13. The summed E-state index contributed by atoms with van der Waals surface area (Å²) in [4.78, 5) is 46.7. The van der Waals surface area contributed by atoms with Gasteiger partial charge in [-0.2, -0.15) is 0 Å². The highest BCUT2D eigenvalue weighted by molar-refractivity contribution is 5.68. The Labute approximate surface area is 185 Å². The molecule has 32 heavy (non-hydrogen) atoms. The lowest BCUT2D eigenvalue weighted by molar-refractivity contribution is -0.289. The molecule has 1 spiro atoms. The number of carbonyl (C=O) groups excluding carboxylic acids is 4. The van der Waals surface area contributed by atoms with Crippen molar-refractivity contribution >= 4 is 23.9 Å². The summed E-state index contributed by atoms with van der Waals surface area (Å²) in [6, 6.07) is 0. The van der Waals surface area contributed by atoms with Crippen molar-refractivity contribution < 1.29 is 52.3 Å². The van der Waals surface area contributed by atoms with Crippen LogP contribution in [0.25, 0.3) is 0 Å². The number of hydrogen-bond donors (Lipinski definition) is 0. The van der Waals surface area contributed by atoms with E-state index >= 15 is 0 Å². The smallest absolute Gasteiger partial charge is 0.305 e. The van der Waals surface area contributed by atoms with E-state index in [0.29, 0.717) is 12.8 Å². The summed E-state index contributed by atoms with van der Waals surface area (Å²) >= 11 is 0. The summed E-state index contributed by atoms with van der Waals surface area (Å²) in [5.41, 5.74) is 0. The average Bonchev–Trinajstić information content (AvgIpc) is 3.05. The van der Waals surface area contributed by atoms with Gasteiger partial charge in [-0.3, -0.25) is 19.2 Å². The van der Waals surface area contributed by atoms with Crippen molar-refractivity contribution in [3.05, 3.63) is 0 Å². The highest BCUT2D eigenvalue weighted by Crippen LogP contribution is 2.46. The molecule has 1 saturated carbocycles. The Kier molecular flexibility index (Phi) is 7.73. The molecule has 0 bridgehead atoms. The van der Waals surface area contributed by atoms with Gasteiger partial charge in [-0.25, -0.2) is 0 Å². The molecule has 3 fully saturated rings. The summed E-state index contributed by atoms with van der Waals surface area (Å²) in [5.74, 6) is -3.39. The second-order valence-corrected chi connectivity index (χ2v) is 8.24. The molecule has 0 aromatic carbocycles. The van der Waals surface area contributed by atoms with E-state index in [-0.39, 0.29) is 6.61 Å². The van der Waals surface area contributed by atoms with E-state index in [4.69, 9.17) is 33.2 Å². The zero-order chi connectivity index (χ0) is 23.5. The molecule has 3 aliphatic rings. The topological polar surface area (TPSA) is 133 Å². The third-order valence-electron chi connectivity index (χ3n) is 5.57. The van der Waals surface area contributed by atoms with Crippen LogP contribution in [0, 0.1) is 0 Å². The molecular formula is C21H30O11. The number of rotatable bonds is 6. The fraction of sp³-hybridized carbons (Fsp3) is 0.810. The highest BCUT2D eigenvalue weighted by Gasteiger charge is 2.62. The fourth-order valence-corrected chi connectivity index (χ4v) is 4.44. The maximum Gasteiger partial charge on any atom is 0.305 e. The molecule has 0 unspecified atom stereocenters. The van der Waals surface area contributed by atoms with Crippen LogP contribution in [0.4, 0.5) is 0 Å². The van der Waals surface area contributed by atoms with Crippen molar-refractivity contribution in [3.8, 4) is 0 Å². The number of carbonyl (C=O) groups is 4. The summed E-state index contributed by atoms with van der Waals surface area (Å²) in [7, 11) is 0. The van der Waals surface area contributed by atoms with Gasteiger partial charge in [0.1, 0.15) is 24.9 Å². The number of ether oxygens (including phenoxy) is 7. The molecular weight excluding hydrogens is 428 g/mol. The van der Waals surface area contributed by atoms with Crippen LogP contribution in [0.5, 0.6) is 0 Å². The first kappa shape index (κ1) is 24.4. The van der Waals surface area contributed by atoms with E-state index in [0.717, 1.165) is 19.3 Å². The van der Waals surface area contributed by atoms with E-state index in [2.05, 4.69) is 0 Å². The fourth-order valence-electron chi connectivity index (χ4n) is 4.44. The van der Waals surface area contributed by atoms with E-state index in [9.17, 15) is 19.2 Å². The van der Waals surface area contributed by atoms with E-state index in [1.54, 1.807) is 0 Å². The van der Waals surface area contributed by atoms with E-state index < -0.39 is 66.5 Å². The molecule has 2 heterocycles. The standard InChI is InChI=1S/C21H30O11/c1-11(22)26-10-15(27-12(2)23)16-17-18(32-21(31-17)8-6-5-7-9-21)19(28-13(3)24)20(30-16)29-14(4)25/h15-20H,5-10H2,1-4H3/t15-,16+,17-,18-,19-,20-/m1/s1. The zero-order valence-electron chi connectivity index (χ0n) is 18.7.